The lowest BCUT2D eigenvalue weighted by molar-refractivity contribution is -0.143. The highest BCUT2D eigenvalue weighted by Crippen LogP contribution is 2.44. The number of fused-ring (bicyclic) bond motifs is 1. The second kappa shape index (κ2) is 11.1. The van der Waals surface area contributed by atoms with E-state index in [0.29, 0.717) is 31.0 Å². The first-order valence-electron chi connectivity index (χ1n) is 12.7. The molecule has 2 aliphatic rings. The molecule has 196 valence electrons. The topological polar surface area (TPSA) is 77.5 Å². The van der Waals surface area contributed by atoms with Crippen LogP contribution in [0.2, 0.25) is 0 Å². The van der Waals surface area contributed by atoms with E-state index < -0.39 is 11.4 Å². The van der Waals surface area contributed by atoms with Gasteiger partial charge in [0.2, 0.25) is 6.79 Å². The van der Waals surface area contributed by atoms with Crippen LogP contribution in [0, 0.1) is 17.8 Å². The van der Waals surface area contributed by atoms with Gasteiger partial charge in [0.05, 0.1) is 26.7 Å². The van der Waals surface area contributed by atoms with Crippen LogP contribution in [0.4, 0.5) is 0 Å². The Labute approximate surface area is 222 Å². The number of piperidine rings is 1. The van der Waals surface area contributed by atoms with Crippen molar-refractivity contribution in [2.24, 2.45) is 5.92 Å². The zero-order valence-corrected chi connectivity index (χ0v) is 21.6. The molecule has 2 heterocycles. The minimum Gasteiger partial charge on any atom is -0.497 e. The Kier molecular flexibility index (Phi) is 7.43. The molecule has 0 spiro atoms. The van der Waals surface area contributed by atoms with E-state index in [9.17, 15) is 9.90 Å². The molecular formula is C31H31NO6. The SMILES string of the molecule is COc1ccc(C(C#CCN2CCCC(C(=O)O)C2)(c2ccc(OC)cc2)c2ccc3c(c2)OCO3)cc1. The van der Waals surface area contributed by atoms with Crippen LogP contribution in [-0.2, 0) is 10.2 Å². The third kappa shape index (κ3) is 5.00. The number of hydrogen-bond acceptors (Lipinski definition) is 6. The number of carboxylic acids is 1. The summed E-state index contributed by atoms with van der Waals surface area (Å²) in [5.41, 5.74) is 2.03. The fourth-order valence-electron chi connectivity index (χ4n) is 5.21. The van der Waals surface area contributed by atoms with Crippen LogP contribution < -0.4 is 18.9 Å². The standard InChI is InChI=1S/C31H31NO6/c1-35-26-11-6-23(7-12-26)31(24-8-13-27(36-2)14-9-24,25-10-15-28-29(19-25)38-21-37-28)16-4-18-32-17-3-5-22(20-32)30(33)34/h6-15,19,22H,3,5,17-18,20-21H2,1-2H3,(H,33,34). The van der Waals surface area contributed by atoms with Gasteiger partial charge in [0.25, 0.3) is 0 Å². The molecular weight excluding hydrogens is 482 g/mol. The lowest BCUT2D eigenvalue weighted by atomic mass is 9.69. The molecule has 0 amide bonds. The molecule has 1 N–H and O–H groups in total. The normalized spacial score (nSPS) is 16.8. The second-order valence-corrected chi connectivity index (χ2v) is 9.49. The number of carboxylic acid groups (broad SMARTS) is 1. The van der Waals surface area contributed by atoms with Gasteiger partial charge in [-0.15, -0.1) is 0 Å². The molecule has 0 saturated carbocycles. The van der Waals surface area contributed by atoms with Gasteiger partial charge in [-0.25, -0.2) is 0 Å². The summed E-state index contributed by atoms with van der Waals surface area (Å²) in [6.45, 7) is 2.00. The largest absolute Gasteiger partial charge is 0.497 e. The molecule has 2 aliphatic heterocycles. The van der Waals surface area contributed by atoms with Gasteiger partial charge in [-0.1, -0.05) is 42.2 Å². The van der Waals surface area contributed by atoms with Gasteiger partial charge < -0.3 is 24.1 Å². The van der Waals surface area contributed by atoms with Crippen LogP contribution in [-0.4, -0.2) is 56.6 Å². The maximum absolute atomic E-state index is 11.6. The minimum absolute atomic E-state index is 0.183. The summed E-state index contributed by atoms with van der Waals surface area (Å²) in [5, 5.41) is 9.51. The van der Waals surface area contributed by atoms with E-state index in [2.05, 4.69) is 16.7 Å². The maximum Gasteiger partial charge on any atom is 0.307 e. The highest BCUT2D eigenvalue weighted by molar-refractivity contribution is 5.70. The summed E-state index contributed by atoms with van der Waals surface area (Å²) in [6.07, 6.45) is 1.56. The van der Waals surface area contributed by atoms with E-state index in [1.165, 1.54) is 0 Å². The van der Waals surface area contributed by atoms with Crippen molar-refractivity contribution < 1.29 is 28.8 Å². The highest BCUT2D eigenvalue weighted by atomic mass is 16.7. The van der Waals surface area contributed by atoms with E-state index >= 15 is 0 Å². The fourth-order valence-corrected chi connectivity index (χ4v) is 5.21. The number of ether oxygens (including phenoxy) is 4. The van der Waals surface area contributed by atoms with Gasteiger partial charge in [-0.2, -0.15) is 0 Å². The molecule has 3 aromatic rings. The number of benzene rings is 3. The Hall–Kier alpha value is -4.15. The van der Waals surface area contributed by atoms with Gasteiger partial charge >= 0.3 is 5.97 Å². The second-order valence-electron chi connectivity index (χ2n) is 9.49. The van der Waals surface area contributed by atoms with Crippen molar-refractivity contribution in [3.05, 3.63) is 83.4 Å². The van der Waals surface area contributed by atoms with E-state index in [1.807, 2.05) is 66.7 Å². The first-order valence-corrected chi connectivity index (χ1v) is 12.7. The Morgan fingerprint density at radius 1 is 0.947 bits per heavy atom. The molecule has 0 radical (unpaired) electrons. The van der Waals surface area contributed by atoms with Crippen molar-refractivity contribution in [3.63, 3.8) is 0 Å². The summed E-state index contributed by atoms with van der Waals surface area (Å²) in [6, 6.07) is 21.8. The van der Waals surface area contributed by atoms with Gasteiger partial charge in [0.1, 0.15) is 16.9 Å². The number of likely N-dealkylation sites (tertiary alicyclic amines) is 1. The summed E-state index contributed by atoms with van der Waals surface area (Å²) >= 11 is 0. The highest BCUT2D eigenvalue weighted by Gasteiger charge is 2.36. The molecule has 5 rings (SSSR count). The number of hydrogen-bond donors (Lipinski definition) is 1. The summed E-state index contributed by atoms with van der Waals surface area (Å²) in [4.78, 5) is 13.7. The van der Waals surface area contributed by atoms with Crippen molar-refractivity contribution >= 4 is 5.97 Å². The summed E-state index contributed by atoms with van der Waals surface area (Å²) in [7, 11) is 3.29. The van der Waals surface area contributed by atoms with Crippen molar-refractivity contribution in [1.29, 1.82) is 0 Å². The van der Waals surface area contributed by atoms with E-state index in [-0.39, 0.29) is 12.7 Å². The Morgan fingerprint density at radius 3 is 2.16 bits per heavy atom. The van der Waals surface area contributed by atoms with Crippen molar-refractivity contribution in [3.8, 4) is 34.8 Å². The van der Waals surface area contributed by atoms with E-state index in [0.717, 1.165) is 41.2 Å². The molecule has 1 unspecified atom stereocenters. The van der Waals surface area contributed by atoms with E-state index in [4.69, 9.17) is 18.9 Å². The lowest BCUT2D eigenvalue weighted by Gasteiger charge is -2.32. The van der Waals surface area contributed by atoms with E-state index in [1.54, 1.807) is 14.2 Å². The van der Waals surface area contributed by atoms with Crippen molar-refractivity contribution in [2.45, 2.75) is 18.3 Å². The van der Waals surface area contributed by atoms with Crippen molar-refractivity contribution in [2.75, 3.05) is 40.6 Å². The maximum atomic E-state index is 11.6. The molecule has 0 aliphatic carbocycles. The Bertz CT molecular complexity index is 1290. The van der Waals surface area contributed by atoms with Gasteiger partial charge in [0.15, 0.2) is 11.5 Å². The average Bonchev–Trinajstić information content (AvgIpc) is 3.44. The monoisotopic (exact) mass is 513 g/mol. The van der Waals surface area contributed by atoms with Gasteiger partial charge in [0, 0.05) is 6.54 Å². The third-order valence-electron chi connectivity index (χ3n) is 7.28. The lowest BCUT2D eigenvalue weighted by Crippen LogP contribution is -2.39. The van der Waals surface area contributed by atoms with Crippen LogP contribution >= 0.6 is 0 Å². The van der Waals surface area contributed by atoms with Crippen molar-refractivity contribution in [1.82, 2.24) is 4.90 Å². The van der Waals surface area contributed by atoms with Gasteiger partial charge in [-0.3, -0.25) is 9.69 Å². The number of rotatable bonds is 7. The fraction of sp³-hybridized carbons (Fsp3) is 0.323. The number of nitrogens with zero attached hydrogens (tertiary/aromatic N) is 1. The molecule has 0 bridgehead atoms. The quantitative estimate of drug-likeness (QED) is 0.366. The number of carbonyl (C=O) groups is 1. The summed E-state index contributed by atoms with van der Waals surface area (Å²) in [5.74, 6) is 8.84. The zero-order valence-electron chi connectivity index (χ0n) is 21.6. The molecule has 38 heavy (non-hydrogen) atoms. The Balaban J connectivity index is 1.64. The predicted octanol–water partition coefficient (Wildman–Crippen LogP) is 4.57. The summed E-state index contributed by atoms with van der Waals surface area (Å²) < 4.78 is 22.2. The molecule has 1 atom stereocenters. The zero-order chi connectivity index (χ0) is 26.5. The first kappa shape index (κ1) is 25.5. The van der Waals surface area contributed by atoms with Crippen LogP contribution in [0.3, 0.4) is 0 Å². The van der Waals surface area contributed by atoms with Crippen LogP contribution in [0.15, 0.2) is 66.7 Å². The number of methoxy groups -OCH3 is 2. The minimum atomic E-state index is -0.846. The predicted molar refractivity (Wildman–Crippen MR) is 143 cm³/mol. The molecule has 0 aromatic heterocycles. The first-order chi connectivity index (χ1) is 18.5. The molecule has 7 nitrogen and oxygen atoms in total. The molecule has 3 aromatic carbocycles. The molecule has 1 fully saturated rings. The Morgan fingerprint density at radius 2 is 1.55 bits per heavy atom. The smallest absolute Gasteiger partial charge is 0.307 e. The van der Waals surface area contributed by atoms with Crippen LogP contribution in [0.25, 0.3) is 0 Å². The average molecular weight is 514 g/mol. The van der Waals surface area contributed by atoms with Crippen LogP contribution in [0.1, 0.15) is 29.5 Å². The van der Waals surface area contributed by atoms with Gasteiger partial charge in [-0.05, 0) is 72.5 Å². The molecule has 1 saturated heterocycles. The molecule has 7 heteroatoms. The third-order valence-corrected chi connectivity index (χ3v) is 7.28. The number of aliphatic carboxylic acids is 1. The van der Waals surface area contributed by atoms with Crippen LogP contribution in [0.5, 0.6) is 23.0 Å².